The summed E-state index contributed by atoms with van der Waals surface area (Å²) in [6.07, 6.45) is -1.45. The third kappa shape index (κ3) is 8.84. The zero-order chi connectivity index (χ0) is 10.3. The van der Waals surface area contributed by atoms with E-state index >= 15 is 0 Å². The van der Waals surface area contributed by atoms with E-state index in [9.17, 15) is 13.2 Å². The molecule has 0 heterocycles. The largest absolute Gasteiger partial charge is 0.389 e. The van der Waals surface area contributed by atoms with Crippen molar-refractivity contribution in [2.75, 3.05) is 4.43 Å². The highest BCUT2D eigenvalue weighted by atomic mass is 127. The maximum absolute atomic E-state index is 11.9. The molecule has 80 valence electrons. The van der Waals surface area contributed by atoms with Gasteiger partial charge in [0.15, 0.2) is 0 Å². The van der Waals surface area contributed by atoms with E-state index in [0.29, 0.717) is 6.42 Å². The summed E-state index contributed by atoms with van der Waals surface area (Å²) in [5.74, 6) is 0.267. The topological polar surface area (TPSA) is 0 Å². The Morgan fingerprint density at radius 1 is 1.15 bits per heavy atom. The van der Waals surface area contributed by atoms with Gasteiger partial charge in [-0.2, -0.15) is 13.2 Å². The van der Waals surface area contributed by atoms with Gasteiger partial charge >= 0.3 is 6.18 Å². The van der Waals surface area contributed by atoms with Crippen molar-refractivity contribution in [3.8, 4) is 0 Å². The fourth-order valence-corrected chi connectivity index (χ4v) is 2.24. The maximum atomic E-state index is 11.9. The van der Waals surface area contributed by atoms with Gasteiger partial charge in [-0.15, -0.1) is 0 Å². The van der Waals surface area contributed by atoms with Crippen molar-refractivity contribution in [3.05, 3.63) is 0 Å². The Labute approximate surface area is 91.4 Å². The third-order valence-electron chi connectivity index (χ3n) is 2.05. The third-order valence-corrected chi connectivity index (χ3v) is 2.67. The molecular weight excluding hydrogens is 292 g/mol. The molecule has 0 aliphatic carbocycles. The normalized spacial score (nSPS) is 14.5. The van der Waals surface area contributed by atoms with Gasteiger partial charge in [0, 0.05) is 6.42 Å². The van der Waals surface area contributed by atoms with E-state index in [2.05, 4.69) is 22.6 Å². The molecule has 1 unspecified atom stereocenters. The van der Waals surface area contributed by atoms with Crippen LogP contribution in [0.2, 0.25) is 0 Å². The highest BCUT2D eigenvalue weighted by Crippen LogP contribution is 2.27. The van der Waals surface area contributed by atoms with Crippen molar-refractivity contribution in [3.63, 3.8) is 0 Å². The summed E-state index contributed by atoms with van der Waals surface area (Å²) < 4.78 is 36.6. The van der Waals surface area contributed by atoms with E-state index in [1.165, 1.54) is 0 Å². The fraction of sp³-hybridized carbons (Fsp3) is 1.00. The minimum absolute atomic E-state index is 0.267. The van der Waals surface area contributed by atoms with Crippen LogP contribution < -0.4 is 0 Å². The maximum Gasteiger partial charge on any atom is 0.389 e. The molecule has 0 aromatic rings. The lowest BCUT2D eigenvalue weighted by Gasteiger charge is -2.15. The molecule has 0 saturated heterocycles. The van der Waals surface area contributed by atoms with Crippen LogP contribution in [0.5, 0.6) is 0 Å². The van der Waals surface area contributed by atoms with Gasteiger partial charge in [0.25, 0.3) is 0 Å². The van der Waals surface area contributed by atoms with Gasteiger partial charge in [0.1, 0.15) is 0 Å². The summed E-state index contributed by atoms with van der Waals surface area (Å²) >= 11 is 2.22. The van der Waals surface area contributed by atoms with Crippen LogP contribution in [-0.2, 0) is 0 Å². The Balaban J connectivity index is 3.68. The van der Waals surface area contributed by atoms with Gasteiger partial charge in [-0.25, -0.2) is 0 Å². The Morgan fingerprint density at radius 3 is 2.15 bits per heavy atom. The van der Waals surface area contributed by atoms with Crippen molar-refractivity contribution < 1.29 is 13.2 Å². The molecule has 0 aromatic heterocycles. The second-order valence-electron chi connectivity index (χ2n) is 3.29. The molecule has 4 heteroatoms. The lowest BCUT2D eigenvalue weighted by atomic mass is 9.95. The van der Waals surface area contributed by atoms with Gasteiger partial charge in [0.05, 0.1) is 0 Å². The van der Waals surface area contributed by atoms with Crippen LogP contribution in [0.1, 0.15) is 39.0 Å². The number of hydrogen-bond acceptors (Lipinski definition) is 0. The standard InChI is InChI=1S/C9H16F3I/c1-2-3-8(5-7-13)4-6-9(10,11)12/h8H,2-7H2,1H3. The van der Waals surface area contributed by atoms with E-state index in [4.69, 9.17) is 0 Å². The smallest absolute Gasteiger partial charge is 0.171 e. The van der Waals surface area contributed by atoms with Crippen LogP contribution in [0.3, 0.4) is 0 Å². The second-order valence-corrected chi connectivity index (χ2v) is 4.36. The molecule has 0 rings (SSSR count). The first-order valence-electron chi connectivity index (χ1n) is 4.62. The van der Waals surface area contributed by atoms with E-state index < -0.39 is 12.6 Å². The molecule has 0 aromatic carbocycles. The molecule has 0 fully saturated rings. The Kier molecular flexibility index (Phi) is 7.17. The van der Waals surface area contributed by atoms with Crippen molar-refractivity contribution in [2.45, 2.75) is 45.2 Å². The van der Waals surface area contributed by atoms with Gasteiger partial charge in [0.2, 0.25) is 0 Å². The molecular formula is C9H16F3I. The zero-order valence-corrected chi connectivity index (χ0v) is 9.99. The molecule has 0 amide bonds. The van der Waals surface area contributed by atoms with Gasteiger partial charge in [-0.3, -0.25) is 0 Å². The first kappa shape index (κ1) is 13.5. The summed E-state index contributed by atoms with van der Waals surface area (Å²) in [4.78, 5) is 0. The average molecular weight is 308 g/mol. The quantitative estimate of drug-likeness (QED) is 0.498. The van der Waals surface area contributed by atoms with Crippen LogP contribution in [0.15, 0.2) is 0 Å². The van der Waals surface area contributed by atoms with Crippen LogP contribution in [-0.4, -0.2) is 10.6 Å². The van der Waals surface area contributed by atoms with E-state index in [1.54, 1.807) is 0 Å². The van der Waals surface area contributed by atoms with Gasteiger partial charge < -0.3 is 0 Å². The molecule has 1 atom stereocenters. The molecule has 0 saturated carbocycles. The van der Waals surface area contributed by atoms with Crippen molar-refractivity contribution in [1.29, 1.82) is 0 Å². The van der Waals surface area contributed by atoms with Crippen LogP contribution in [0.4, 0.5) is 13.2 Å². The summed E-state index contributed by atoms with van der Waals surface area (Å²) in [5, 5.41) is 0. The number of rotatable bonds is 6. The summed E-state index contributed by atoms with van der Waals surface area (Å²) in [6.45, 7) is 2.02. The first-order chi connectivity index (χ1) is 5.99. The fourth-order valence-electron chi connectivity index (χ4n) is 1.36. The van der Waals surface area contributed by atoms with Crippen molar-refractivity contribution in [1.82, 2.24) is 0 Å². The molecule has 0 N–H and O–H groups in total. The lowest BCUT2D eigenvalue weighted by molar-refractivity contribution is -0.137. The van der Waals surface area contributed by atoms with Crippen molar-refractivity contribution in [2.24, 2.45) is 5.92 Å². The van der Waals surface area contributed by atoms with E-state index in [1.807, 2.05) is 6.92 Å². The summed E-state index contributed by atoms with van der Waals surface area (Å²) in [7, 11) is 0. The number of hydrogen-bond donors (Lipinski definition) is 0. The molecule has 0 nitrogen and oxygen atoms in total. The molecule has 0 spiro atoms. The Morgan fingerprint density at radius 2 is 1.77 bits per heavy atom. The Hall–Kier alpha value is 0.520. The Bertz CT molecular complexity index is 117. The highest BCUT2D eigenvalue weighted by molar-refractivity contribution is 14.1. The van der Waals surface area contributed by atoms with Crippen LogP contribution in [0, 0.1) is 5.92 Å². The van der Waals surface area contributed by atoms with Gasteiger partial charge in [-0.1, -0.05) is 42.4 Å². The summed E-state index contributed by atoms with van der Waals surface area (Å²) in [6, 6.07) is 0. The minimum Gasteiger partial charge on any atom is -0.171 e. The van der Waals surface area contributed by atoms with Crippen molar-refractivity contribution >= 4 is 22.6 Å². The monoisotopic (exact) mass is 308 g/mol. The molecule has 0 aliphatic rings. The first-order valence-corrected chi connectivity index (χ1v) is 6.15. The van der Waals surface area contributed by atoms with Crippen LogP contribution >= 0.6 is 22.6 Å². The predicted molar refractivity (Wildman–Crippen MR) is 57.2 cm³/mol. The SMILES string of the molecule is CCCC(CCI)CCC(F)(F)F. The zero-order valence-electron chi connectivity index (χ0n) is 7.83. The molecule has 0 radical (unpaired) electrons. The minimum atomic E-state index is -3.97. The average Bonchev–Trinajstić information content (AvgIpc) is 2.00. The van der Waals surface area contributed by atoms with Crippen LogP contribution in [0.25, 0.3) is 0 Å². The summed E-state index contributed by atoms with van der Waals surface area (Å²) in [5.41, 5.74) is 0. The molecule has 13 heavy (non-hydrogen) atoms. The molecule has 0 aliphatic heterocycles. The molecule has 0 bridgehead atoms. The highest BCUT2D eigenvalue weighted by Gasteiger charge is 2.27. The predicted octanol–water partition coefficient (Wildman–Crippen LogP) is 4.57. The van der Waals surface area contributed by atoms with E-state index in [0.717, 1.165) is 23.7 Å². The number of alkyl halides is 4. The lowest BCUT2D eigenvalue weighted by Crippen LogP contribution is -2.11. The van der Waals surface area contributed by atoms with Gasteiger partial charge in [-0.05, 0) is 23.2 Å². The second kappa shape index (κ2) is 6.90. The van der Waals surface area contributed by atoms with E-state index in [-0.39, 0.29) is 5.92 Å². The number of halogens is 4.